The van der Waals surface area contributed by atoms with E-state index in [4.69, 9.17) is 14.2 Å². The molecule has 8 heteroatoms. The van der Waals surface area contributed by atoms with Crippen LogP contribution in [0.2, 0.25) is 0 Å². The van der Waals surface area contributed by atoms with Gasteiger partial charge in [0.2, 0.25) is 0 Å². The zero-order chi connectivity index (χ0) is 19.5. The Morgan fingerprint density at radius 2 is 2.04 bits per heavy atom. The van der Waals surface area contributed by atoms with Crippen LogP contribution in [0, 0.1) is 5.82 Å². The first-order chi connectivity index (χ1) is 13.7. The fourth-order valence-corrected chi connectivity index (χ4v) is 4.06. The molecule has 0 bridgehead atoms. The quantitative estimate of drug-likeness (QED) is 0.614. The number of ether oxygens (including phenoxy) is 3. The summed E-state index contributed by atoms with van der Waals surface area (Å²) in [6, 6.07) is 9.56. The lowest BCUT2D eigenvalue weighted by Gasteiger charge is -2.18. The molecule has 3 aromatic rings. The number of benzene rings is 2. The molecular weight excluding hydrogens is 383 g/mol. The predicted octanol–water partition coefficient (Wildman–Crippen LogP) is 3.39. The molecule has 2 heterocycles. The van der Waals surface area contributed by atoms with Gasteiger partial charge in [0.05, 0.1) is 16.8 Å². The maximum absolute atomic E-state index is 13.6. The molecule has 2 aromatic carbocycles. The van der Waals surface area contributed by atoms with Crippen LogP contribution >= 0.6 is 11.3 Å². The fraction of sp³-hybridized carbons (Fsp3) is 0.300. The van der Waals surface area contributed by atoms with Crippen LogP contribution < -0.4 is 14.3 Å². The van der Waals surface area contributed by atoms with Gasteiger partial charge in [0.1, 0.15) is 19.0 Å². The molecule has 146 valence electrons. The Morgan fingerprint density at radius 3 is 2.86 bits per heavy atom. The second-order valence-corrected chi connectivity index (χ2v) is 7.13. The Morgan fingerprint density at radius 1 is 1.21 bits per heavy atom. The van der Waals surface area contributed by atoms with Crippen molar-refractivity contribution in [1.29, 1.82) is 0 Å². The van der Waals surface area contributed by atoms with E-state index in [0.29, 0.717) is 54.8 Å². The Balaban J connectivity index is 1.73. The molecule has 1 aromatic heterocycles. The van der Waals surface area contributed by atoms with Crippen molar-refractivity contribution in [3.63, 3.8) is 0 Å². The van der Waals surface area contributed by atoms with Crippen LogP contribution in [0.1, 0.15) is 17.3 Å². The van der Waals surface area contributed by atoms with Gasteiger partial charge in [-0.3, -0.25) is 4.79 Å². The van der Waals surface area contributed by atoms with Crippen molar-refractivity contribution in [3.8, 4) is 11.5 Å². The average Bonchev–Trinajstić information content (AvgIpc) is 3.04. The third-order valence-electron chi connectivity index (χ3n) is 4.29. The number of fused-ring (bicyclic) bond motifs is 2. The normalized spacial score (nSPS) is 13.9. The highest BCUT2D eigenvalue weighted by Crippen LogP contribution is 2.31. The van der Waals surface area contributed by atoms with Gasteiger partial charge in [-0.15, -0.1) is 0 Å². The molecule has 1 aliphatic rings. The Labute approximate surface area is 164 Å². The van der Waals surface area contributed by atoms with Crippen molar-refractivity contribution in [2.75, 3.05) is 26.4 Å². The Kier molecular flexibility index (Phi) is 5.40. The minimum atomic E-state index is -0.394. The van der Waals surface area contributed by atoms with Crippen molar-refractivity contribution >= 4 is 27.5 Å². The van der Waals surface area contributed by atoms with Crippen LogP contribution in [-0.2, 0) is 11.3 Å². The maximum atomic E-state index is 13.6. The molecule has 4 rings (SSSR count). The summed E-state index contributed by atoms with van der Waals surface area (Å²) in [6.45, 7) is 4.45. The molecule has 6 nitrogen and oxygen atoms in total. The van der Waals surface area contributed by atoms with Gasteiger partial charge in [0.15, 0.2) is 16.3 Å². The smallest absolute Gasteiger partial charge is 0.279 e. The molecule has 0 radical (unpaired) electrons. The van der Waals surface area contributed by atoms with E-state index in [-0.39, 0.29) is 5.82 Å². The number of nitrogens with zero attached hydrogens (tertiary/aromatic N) is 2. The number of amides is 1. The lowest BCUT2D eigenvalue weighted by Crippen LogP contribution is -2.20. The van der Waals surface area contributed by atoms with E-state index >= 15 is 0 Å². The highest BCUT2D eigenvalue weighted by Gasteiger charge is 2.15. The maximum Gasteiger partial charge on any atom is 0.279 e. The molecule has 0 saturated heterocycles. The molecule has 0 N–H and O–H groups in total. The largest absolute Gasteiger partial charge is 0.486 e. The number of thiazole rings is 1. The number of aromatic nitrogens is 1. The Bertz CT molecular complexity index is 1090. The lowest BCUT2D eigenvalue weighted by atomic mass is 10.2. The number of hydrogen-bond acceptors (Lipinski definition) is 5. The zero-order valence-electron chi connectivity index (χ0n) is 15.3. The summed E-state index contributed by atoms with van der Waals surface area (Å²) >= 11 is 1.27. The number of hydrogen-bond donors (Lipinski definition) is 0. The highest BCUT2D eigenvalue weighted by atomic mass is 32.1. The summed E-state index contributed by atoms with van der Waals surface area (Å²) < 4.78 is 32.7. The van der Waals surface area contributed by atoms with Gasteiger partial charge in [-0.1, -0.05) is 11.3 Å². The van der Waals surface area contributed by atoms with Gasteiger partial charge in [-0.2, -0.15) is 4.99 Å². The van der Waals surface area contributed by atoms with E-state index in [2.05, 4.69) is 4.99 Å². The van der Waals surface area contributed by atoms with E-state index in [9.17, 15) is 9.18 Å². The summed E-state index contributed by atoms with van der Waals surface area (Å²) in [4.78, 5) is 17.5. The average molecular weight is 402 g/mol. The number of halogens is 1. The molecule has 0 aliphatic carbocycles. The van der Waals surface area contributed by atoms with Crippen LogP contribution in [0.5, 0.6) is 11.5 Å². The van der Waals surface area contributed by atoms with Gasteiger partial charge >= 0.3 is 0 Å². The third-order valence-corrected chi connectivity index (χ3v) is 5.34. The van der Waals surface area contributed by atoms with Crippen LogP contribution in [0.3, 0.4) is 0 Å². The van der Waals surface area contributed by atoms with Gasteiger partial charge in [0, 0.05) is 18.7 Å². The number of carbonyl (C=O) groups is 1. The lowest BCUT2D eigenvalue weighted by molar-refractivity contribution is 0.0995. The van der Waals surface area contributed by atoms with Gasteiger partial charge < -0.3 is 18.8 Å². The summed E-state index contributed by atoms with van der Waals surface area (Å²) in [5.74, 6) is 0.437. The van der Waals surface area contributed by atoms with Crippen molar-refractivity contribution in [2.45, 2.75) is 13.5 Å². The van der Waals surface area contributed by atoms with Crippen LogP contribution in [0.15, 0.2) is 41.4 Å². The van der Waals surface area contributed by atoms with Gasteiger partial charge in [-0.05, 0) is 43.3 Å². The van der Waals surface area contributed by atoms with Crippen molar-refractivity contribution in [3.05, 3.63) is 52.6 Å². The molecule has 0 spiro atoms. The second-order valence-electron chi connectivity index (χ2n) is 6.12. The van der Waals surface area contributed by atoms with Gasteiger partial charge in [-0.25, -0.2) is 4.39 Å². The number of carbonyl (C=O) groups excluding carboxylic acids is 1. The topological polar surface area (TPSA) is 62.1 Å². The second kappa shape index (κ2) is 8.12. The first kappa shape index (κ1) is 18.6. The van der Waals surface area contributed by atoms with Gasteiger partial charge in [0.25, 0.3) is 5.91 Å². The minimum absolute atomic E-state index is 0.324. The summed E-state index contributed by atoms with van der Waals surface area (Å²) in [6.07, 6.45) is 0. The predicted molar refractivity (Wildman–Crippen MR) is 104 cm³/mol. The minimum Gasteiger partial charge on any atom is -0.486 e. The monoisotopic (exact) mass is 402 g/mol. The van der Waals surface area contributed by atoms with E-state index in [1.165, 1.54) is 23.5 Å². The van der Waals surface area contributed by atoms with E-state index < -0.39 is 5.91 Å². The number of rotatable bonds is 5. The molecular formula is C20H19FN2O4S. The summed E-state index contributed by atoms with van der Waals surface area (Å²) in [7, 11) is 0. The highest BCUT2D eigenvalue weighted by molar-refractivity contribution is 7.16. The standard InChI is InChI=1S/C20H19FN2O4S/c1-2-25-8-7-23-15-5-4-14(21)12-18(15)28-20(23)22-19(24)13-3-6-16-17(11-13)27-10-9-26-16/h3-6,11-12H,2,7-10H2,1H3. The van der Waals surface area contributed by atoms with Crippen LogP contribution in [-0.4, -0.2) is 36.9 Å². The van der Waals surface area contributed by atoms with Crippen molar-refractivity contribution < 1.29 is 23.4 Å². The molecule has 0 unspecified atom stereocenters. The van der Waals surface area contributed by atoms with E-state index in [1.54, 1.807) is 24.3 Å². The molecule has 28 heavy (non-hydrogen) atoms. The SMILES string of the molecule is CCOCCn1c(=NC(=O)c2ccc3c(c2)OCCO3)sc2cc(F)ccc21. The molecule has 1 amide bonds. The van der Waals surface area contributed by atoms with Crippen LogP contribution in [0.25, 0.3) is 10.2 Å². The molecule has 0 fully saturated rings. The van der Waals surface area contributed by atoms with Crippen LogP contribution in [0.4, 0.5) is 4.39 Å². The zero-order valence-corrected chi connectivity index (χ0v) is 16.1. The molecule has 0 atom stereocenters. The first-order valence-corrected chi connectivity index (χ1v) is 9.82. The Hall–Kier alpha value is -2.71. The first-order valence-electron chi connectivity index (χ1n) is 9.01. The van der Waals surface area contributed by atoms with Crippen molar-refractivity contribution in [2.24, 2.45) is 4.99 Å². The molecule has 0 saturated carbocycles. The summed E-state index contributed by atoms with van der Waals surface area (Å²) in [5.41, 5.74) is 1.23. The molecule has 1 aliphatic heterocycles. The van der Waals surface area contributed by atoms with E-state index in [0.717, 1.165) is 10.2 Å². The third kappa shape index (κ3) is 3.79. The van der Waals surface area contributed by atoms with E-state index in [1.807, 2.05) is 11.5 Å². The van der Waals surface area contributed by atoms with Crippen molar-refractivity contribution in [1.82, 2.24) is 4.57 Å². The summed E-state index contributed by atoms with van der Waals surface area (Å²) in [5, 5.41) is 0. The fourth-order valence-electron chi connectivity index (χ4n) is 2.98.